The van der Waals surface area contributed by atoms with Gasteiger partial charge in [-0.3, -0.25) is 4.68 Å². The Labute approximate surface area is 166 Å². The maximum Gasteiger partial charge on any atom is 0.370 e. The van der Waals surface area contributed by atoms with Gasteiger partial charge in [-0.25, -0.2) is 4.79 Å². The van der Waals surface area contributed by atoms with Crippen molar-refractivity contribution in [2.45, 2.75) is 37.9 Å². The minimum atomic E-state index is -1.51. The Balaban J connectivity index is 2.10. The van der Waals surface area contributed by atoms with Crippen molar-refractivity contribution in [3.8, 4) is 5.75 Å². The van der Waals surface area contributed by atoms with Crippen LogP contribution in [0.2, 0.25) is 0 Å². The summed E-state index contributed by atoms with van der Waals surface area (Å²) >= 11 is 0. The van der Waals surface area contributed by atoms with Gasteiger partial charge in [0, 0.05) is 17.5 Å². The lowest BCUT2D eigenvalue weighted by atomic mass is 9.87. The van der Waals surface area contributed by atoms with Gasteiger partial charge < -0.3 is 35.0 Å². The van der Waals surface area contributed by atoms with Crippen molar-refractivity contribution in [2.24, 2.45) is 5.92 Å². The first-order valence-corrected chi connectivity index (χ1v) is 9.06. The summed E-state index contributed by atoms with van der Waals surface area (Å²) < 4.78 is 12.2. The van der Waals surface area contributed by atoms with E-state index < -0.39 is 48.6 Å². The molecule has 158 valence electrons. The summed E-state index contributed by atoms with van der Waals surface area (Å²) in [5.74, 6) is -1.74. The van der Waals surface area contributed by atoms with E-state index in [-0.39, 0.29) is 6.61 Å². The fraction of sp³-hybridized carbons (Fsp3) is 0.474. The molecule has 0 spiro atoms. The summed E-state index contributed by atoms with van der Waals surface area (Å²) in [7, 11) is 1.49. The fourth-order valence-corrected chi connectivity index (χ4v) is 3.55. The zero-order chi connectivity index (χ0) is 21.3. The monoisotopic (exact) mass is 408 g/mol. The molecule has 10 heteroatoms. The van der Waals surface area contributed by atoms with Crippen LogP contribution in [0.1, 0.15) is 18.5 Å². The van der Waals surface area contributed by atoms with Crippen LogP contribution in [0.5, 0.6) is 5.75 Å². The lowest BCUT2D eigenvalue weighted by molar-refractivity contribution is -0.148. The number of carboxylic acids is 1. The molecule has 0 saturated heterocycles. The van der Waals surface area contributed by atoms with E-state index in [0.29, 0.717) is 22.2 Å². The van der Waals surface area contributed by atoms with Crippen molar-refractivity contribution in [3.63, 3.8) is 0 Å². The molecule has 1 aromatic heterocycles. The number of nitrogens with zero attached hydrogens (tertiary/aromatic N) is 2. The van der Waals surface area contributed by atoms with Crippen molar-refractivity contribution < 1.29 is 39.8 Å². The molecule has 0 amide bonds. The second kappa shape index (κ2) is 8.37. The molecular weight excluding hydrogens is 384 g/mol. The molecule has 0 aliphatic carbocycles. The molecule has 5 atom stereocenters. The Morgan fingerprint density at radius 1 is 1.34 bits per heavy atom. The van der Waals surface area contributed by atoms with Gasteiger partial charge >= 0.3 is 5.97 Å². The summed E-state index contributed by atoms with van der Waals surface area (Å²) in [4.78, 5) is 11.5. The lowest BCUT2D eigenvalue weighted by Crippen LogP contribution is -2.48. The van der Waals surface area contributed by atoms with E-state index in [1.807, 2.05) is 0 Å². The third-order valence-corrected chi connectivity index (χ3v) is 5.21. The van der Waals surface area contributed by atoms with Crippen molar-refractivity contribution >= 4 is 16.9 Å². The number of aliphatic carboxylic acids is 1. The van der Waals surface area contributed by atoms with E-state index in [2.05, 4.69) is 5.10 Å². The second-order valence-corrected chi connectivity index (χ2v) is 6.97. The number of carbonyl (C=O) groups is 1. The number of methoxy groups -OCH3 is 1. The molecule has 0 bridgehead atoms. The van der Waals surface area contributed by atoms with Crippen LogP contribution in [0.4, 0.5) is 0 Å². The molecule has 2 heterocycles. The molecule has 0 fully saturated rings. The molecule has 1 aliphatic heterocycles. The number of hydrogen-bond acceptors (Lipinski definition) is 8. The van der Waals surface area contributed by atoms with Crippen LogP contribution in [0, 0.1) is 5.92 Å². The quantitative estimate of drug-likeness (QED) is 0.419. The van der Waals surface area contributed by atoms with E-state index in [4.69, 9.17) is 14.6 Å². The smallest absolute Gasteiger partial charge is 0.370 e. The zero-order valence-electron chi connectivity index (χ0n) is 16.0. The molecule has 29 heavy (non-hydrogen) atoms. The predicted molar refractivity (Wildman–Crippen MR) is 100 cm³/mol. The Hall–Kier alpha value is -2.66. The van der Waals surface area contributed by atoms with Crippen LogP contribution in [-0.4, -0.2) is 73.3 Å². The number of hydrogen-bond donors (Lipinski definition) is 5. The maximum absolute atomic E-state index is 11.5. The van der Waals surface area contributed by atoms with Gasteiger partial charge in [-0.2, -0.15) is 5.10 Å². The molecule has 0 saturated carbocycles. The average molecular weight is 408 g/mol. The number of aromatic nitrogens is 2. The van der Waals surface area contributed by atoms with Crippen LogP contribution >= 0.6 is 0 Å². The van der Waals surface area contributed by atoms with Crippen LogP contribution in [-0.2, 0) is 16.1 Å². The summed E-state index contributed by atoms with van der Waals surface area (Å²) in [5, 5.41) is 53.5. The van der Waals surface area contributed by atoms with Crippen LogP contribution < -0.4 is 4.74 Å². The molecule has 1 aromatic carbocycles. The maximum atomic E-state index is 11.5. The Bertz CT molecular complexity index is 883. The van der Waals surface area contributed by atoms with Crippen molar-refractivity contribution in [3.05, 3.63) is 35.7 Å². The minimum Gasteiger partial charge on any atom is -0.494 e. The first kappa shape index (κ1) is 21.1. The zero-order valence-corrected chi connectivity index (χ0v) is 16.0. The topological polar surface area (TPSA) is 154 Å². The third-order valence-electron chi connectivity index (χ3n) is 5.21. The van der Waals surface area contributed by atoms with Gasteiger partial charge in [-0.1, -0.05) is 13.0 Å². The SMILES string of the molecule is COc1ccc(CO)c2cn([C@H]3C=C(C(=O)O)O[C@@H](C(O)C(O)CO)[C@@H]3C)nc12. The molecule has 1 aliphatic rings. The molecular formula is C19H24N2O8. The second-order valence-electron chi connectivity index (χ2n) is 6.97. The summed E-state index contributed by atoms with van der Waals surface area (Å²) in [6, 6.07) is 2.76. The summed E-state index contributed by atoms with van der Waals surface area (Å²) in [6.45, 7) is 0.803. The highest BCUT2D eigenvalue weighted by atomic mass is 16.5. The number of carboxylic acid groups (broad SMARTS) is 1. The average Bonchev–Trinajstić information content (AvgIpc) is 3.17. The summed E-state index contributed by atoms with van der Waals surface area (Å²) in [6.07, 6.45) is -1.05. The number of rotatable bonds is 7. The third kappa shape index (κ3) is 3.79. The molecule has 2 unspecified atom stereocenters. The number of benzene rings is 1. The van der Waals surface area contributed by atoms with Crippen molar-refractivity contribution in [1.82, 2.24) is 9.78 Å². The molecule has 0 radical (unpaired) electrons. The lowest BCUT2D eigenvalue weighted by Gasteiger charge is -2.38. The minimum absolute atomic E-state index is 0.213. The number of ether oxygens (including phenoxy) is 2. The van der Waals surface area contributed by atoms with Crippen LogP contribution in [0.15, 0.2) is 30.2 Å². The number of aliphatic hydroxyl groups is 4. The van der Waals surface area contributed by atoms with Gasteiger partial charge in [0.25, 0.3) is 0 Å². The first-order chi connectivity index (χ1) is 13.8. The first-order valence-electron chi connectivity index (χ1n) is 9.06. The predicted octanol–water partition coefficient (Wildman–Crippen LogP) is -0.204. The van der Waals surface area contributed by atoms with Gasteiger partial charge in [0.05, 0.1) is 26.4 Å². The van der Waals surface area contributed by atoms with Gasteiger partial charge in [-0.15, -0.1) is 0 Å². The van der Waals surface area contributed by atoms with Crippen molar-refractivity contribution in [1.29, 1.82) is 0 Å². The van der Waals surface area contributed by atoms with Crippen LogP contribution in [0.25, 0.3) is 10.9 Å². The highest BCUT2D eigenvalue weighted by Gasteiger charge is 2.41. The van der Waals surface area contributed by atoms with E-state index in [1.54, 1.807) is 25.3 Å². The number of allylic oxidation sites excluding steroid dienone is 1. The number of fused-ring (bicyclic) bond motifs is 1. The Morgan fingerprint density at radius 2 is 2.07 bits per heavy atom. The molecule has 5 N–H and O–H groups in total. The molecule has 3 rings (SSSR count). The van der Waals surface area contributed by atoms with E-state index in [9.17, 15) is 25.2 Å². The number of aliphatic hydroxyl groups excluding tert-OH is 4. The standard InChI is InChI=1S/C19H24N2O8/c1-9-12(5-15(19(26)27)29-18(9)17(25)13(24)8-23)21-6-11-10(7-22)3-4-14(28-2)16(11)20-21/h3-6,9,12-13,17-18,22-25H,7-8H2,1-2H3,(H,26,27)/t9-,12+,13?,17?,18-/m1/s1. The highest BCUT2D eigenvalue weighted by Crippen LogP contribution is 2.36. The van der Waals surface area contributed by atoms with Crippen molar-refractivity contribution in [2.75, 3.05) is 13.7 Å². The normalized spacial score (nSPS) is 23.9. The summed E-state index contributed by atoms with van der Waals surface area (Å²) in [5.41, 5.74) is 1.12. The van der Waals surface area contributed by atoms with Gasteiger partial charge in [0.15, 0.2) is 0 Å². The largest absolute Gasteiger partial charge is 0.494 e. The van der Waals surface area contributed by atoms with E-state index in [0.717, 1.165) is 0 Å². The van der Waals surface area contributed by atoms with Crippen LogP contribution in [0.3, 0.4) is 0 Å². The van der Waals surface area contributed by atoms with Gasteiger partial charge in [-0.05, 0) is 17.7 Å². The molecule has 2 aromatic rings. The Kier molecular flexibility index (Phi) is 6.08. The van der Waals surface area contributed by atoms with Gasteiger partial charge in [0.1, 0.15) is 29.6 Å². The highest BCUT2D eigenvalue weighted by molar-refractivity contribution is 5.87. The van der Waals surface area contributed by atoms with E-state index in [1.165, 1.54) is 17.9 Å². The fourth-order valence-electron chi connectivity index (χ4n) is 3.55. The molecule has 10 nitrogen and oxygen atoms in total. The Morgan fingerprint density at radius 3 is 2.66 bits per heavy atom. The van der Waals surface area contributed by atoms with Gasteiger partial charge in [0.2, 0.25) is 5.76 Å². The van der Waals surface area contributed by atoms with E-state index >= 15 is 0 Å².